The zero-order valence-corrected chi connectivity index (χ0v) is 15.8. The molecule has 6 heteroatoms. The third-order valence-electron chi connectivity index (χ3n) is 4.60. The van der Waals surface area contributed by atoms with E-state index < -0.39 is 0 Å². The largest absolute Gasteiger partial charge is 0.493 e. The Morgan fingerprint density at radius 2 is 2.04 bits per heavy atom. The van der Waals surface area contributed by atoms with Crippen LogP contribution in [0.15, 0.2) is 24.8 Å². The van der Waals surface area contributed by atoms with Crippen molar-refractivity contribution < 1.29 is 19.0 Å². The number of hydrogen-bond acceptors (Lipinski definition) is 5. The summed E-state index contributed by atoms with van der Waals surface area (Å²) >= 11 is 0. The van der Waals surface area contributed by atoms with Gasteiger partial charge in [-0.2, -0.15) is 0 Å². The Balaban J connectivity index is 2.07. The van der Waals surface area contributed by atoms with Crippen LogP contribution in [0.25, 0.3) is 0 Å². The van der Waals surface area contributed by atoms with E-state index in [1.54, 1.807) is 26.4 Å². The lowest BCUT2D eigenvalue weighted by molar-refractivity contribution is 0.00843. The SMILES string of the molecule is C=CCc1cc(C(=O)N2CCC(OCCCN)CC2)cc(OC)c1OC. The summed E-state index contributed by atoms with van der Waals surface area (Å²) < 4.78 is 16.7. The summed E-state index contributed by atoms with van der Waals surface area (Å²) in [5.74, 6) is 1.22. The third-order valence-corrected chi connectivity index (χ3v) is 4.60. The molecule has 0 saturated carbocycles. The van der Waals surface area contributed by atoms with Crippen LogP contribution < -0.4 is 15.2 Å². The summed E-state index contributed by atoms with van der Waals surface area (Å²) in [5.41, 5.74) is 7.00. The fourth-order valence-electron chi connectivity index (χ4n) is 3.22. The molecule has 0 aromatic heterocycles. The normalized spacial score (nSPS) is 15.0. The van der Waals surface area contributed by atoms with E-state index in [1.807, 2.05) is 11.0 Å². The molecule has 6 nitrogen and oxygen atoms in total. The Morgan fingerprint density at radius 3 is 2.62 bits per heavy atom. The molecule has 0 atom stereocenters. The van der Waals surface area contributed by atoms with Crippen molar-refractivity contribution in [2.45, 2.75) is 31.8 Å². The van der Waals surface area contributed by atoms with Crippen LogP contribution in [-0.2, 0) is 11.2 Å². The topological polar surface area (TPSA) is 74.0 Å². The summed E-state index contributed by atoms with van der Waals surface area (Å²) in [6.45, 7) is 6.49. The summed E-state index contributed by atoms with van der Waals surface area (Å²) in [4.78, 5) is 14.8. The molecule has 0 radical (unpaired) electrons. The van der Waals surface area contributed by atoms with Gasteiger partial charge in [0.1, 0.15) is 0 Å². The number of nitrogens with two attached hydrogens (primary N) is 1. The van der Waals surface area contributed by atoms with Crippen molar-refractivity contribution in [2.75, 3.05) is 40.5 Å². The van der Waals surface area contributed by atoms with Gasteiger partial charge >= 0.3 is 0 Å². The van der Waals surface area contributed by atoms with Gasteiger partial charge in [0, 0.05) is 30.8 Å². The highest BCUT2D eigenvalue weighted by molar-refractivity contribution is 5.95. The van der Waals surface area contributed by atoms with E-state index in [-0.39, 0.29) is 12.0 Å². The number of carbonyl (C=O) groups excluding carboxylic acids is 1. The Bertz CT molecular complexity index is 610. The van der Waals surface area contributed by atoms with E-state index in [0.717, 1.165) is 24.8 Å². The Labute approximate surface area is 155 Å². The minimum Gasteiger partial charge on any atom is -0.493 e. The van der Waals surface area contributed by atoms with Crippen LogP contribution in [0.5, 0.6) is 11.5 Å². The van der Waals surface area contributed by atoms with Gasteiger partial charge in [0.2, 0.25) is 0 Å². The molecule has 1 aliphatic rings. The van der Waals surface area contributed by atoms with Crippen LogP contribution in [-0.4, -0.2) is 57.4 Å². The molecule has 1 saturated heterocycles. The number of hydrogen-bond donors (Lipinski definition) is 1. The fourth-order valence-corrected chi connectivity index (χ4v) is 3.22. The van der Waals surface area contributed by atoms with Gasteiger partial charge in [-0.15, -0.1) is 6.58 Å². The maximum atomic E-state index is 12.9. The van der Waals surface area contributed by atoms with Crippen molar-refractivity contribution in [1.29, 1.82) is 0 Å². The first-order chi connectivity index (χ1) is 12.6. The fraction of sp³-hybridized carbons (Fsp3) is 0.550. The summed E-state index contributed by atoms with van der Waals surface area (Å²) in [5, 5.41) is 0. The van der Waals surface area contributed by atoms with Gasteiger partial charge in [-0.05, 0) is 44.4 Å². The average molecular weight is 362 g/mol. The van der Waals surface area contributed by atoms with Crippen molar-refractivity contribution in [3.63, 3.8) is 0 Å². The number of likely N-dealkylation sites (tertiary alicyclic amines) is 1. The number of methoxy groups -OCH3 is 2. The van der Waals surface area contributed by atoms with Crippen LogP contribution in [0.1, 0.15) is 35.2 Å². The second-order valence-electron chi connectivity index (χ2n) is 6.37. The molecule has 1 aromatic rings. The van der Waals surface area contributed by atoms with Crippen LogP contribution in [0, 0.1) is 0 Å². The van der Waals surface area contributed by atoms with Crippen molar-refractivity contribution in [2.24, 2.45) is 5.73 Å². The summed E-state index contributed by atoms with van der Waals surface area (Å²) in [6, 6.07) is 3.62. The minimum atomic E-state index is 0.0108. The summed E-state index contributed by atoms with van der Waals surface area (Å²) in [7, 11) is 3.18. The predicted octanol–water partition coefficient (Wildman–Crippen LogP) is 2.40. The molecule has 0 unspecified atom stereocenters. The minimum absolute atomic E-state index is 0.0108. The second kappa shape index (κ2) is 10.2. The first-order valence-corrected chi connectivity index (χ1v) is 9.11. The highest BCUT2D eigenvalue weighted by atomic mass is 16.5. The molecule has 0 spiro atoms. The summed E-state index contributed by atoms with van der Waals surface area (Å²) in [6.07, 6.45) is 5.18. The smallest absolute Gasteiger partial charge is 0.254 e. The number of benzene rings is 1. The average Bonchev–Trinajstić information content (AvgIpc) is 2.67. The van der Waals surface area contributed by atoms with E-state index in [2.05, 4.69) is 6.58 Å². The lowest BCUT2D eigenvalue weighted by atomic mass is 10.0. The van der Waals surface area contributed by atoms with Crippen LogP contribution >= 0.6 is 0 Å². The number of ether oxygens (including phenoxy) is 3. The first kappa shape index (κ1) is 20.3. The molecule has 2 N–H and O–H groups in total. The van der Waals surface area contributed by atoms with E-state index >= 15 is 0 Å². The molecule has 2 rings (SSSR count). The van der Waals surface area contributed by atoms with E-state index in [4.69, 9.17) is 19.9 Å². The van der Waals surface area contributed by atoms with Crippen LogP contribution in [0.4, 0.5) is 0 Å². The number of rotatable bonds is 9. The first-order valence-electron chi connectivity index (χ1n) is 9.11. The van der Waals surface area contributed by atoms with Gasteiger partial charge < -0.3 is 24.8 Å². The lowest BCUT2D eigenvalue weighted by Crippen LogP contribution is -2.41. The van der Waals surface area contributed by atoms with Crippen LogP contribution in [0.2, 0.25) is 0 Å². The third kappa shape index (κ3) is 4.99. The molecule has 1 heterocycles. The Hall–Kier alpha value is -2.05. The quantitative estimate of drug-likeness (QED) is 0.539. The predicted molar refractivity (Wildman–Crippen MR) is 102 cm³/mol. The molecule has 1 aromatic carbocycles. The van der Waals surface area contributed by atoms with Crippen molar-refractivity contribution in [1.82, 2.24) is 4.90 Å². The molecule has 144 valence electrons. The number of piperidine rings is 1. The van der Waals surface area contributed by atoms with Crippen molar-refractivity contribution in [3.05, 3.63) is 35.9 Å². The van der Waals surface area contributed by atoms with Gasteiger partial charge in [0.05, 0.1) is 20.3 Å². The van der Waals surface area contributed by atoms with Crippen molar-refractivity contribution >= 4 is 5.91 Å². The van der Waals surface area contributed by atoms with E-state index in [9.17, 15) is 4.79 Å². The lowest BCUT2D eigenvalue weighted by Gasteiger charge is -2.32. The van der Waals surface area contributed by atoms with E-state index in [0.29, 0.717) is 49.7 Å². The second-order valence-corrected chi connectivity index (χ2v) is 6.37. The van der Waals surface area contributed by atoms with E-state index in [1.165, 1.54) is 0 Å². The zero-order chi connectivity index (χ0) is 18.9. The molecule has 0 bridgehead atoms. The highest BCUT2D eigenvalue weighted by Gasteiger charge is 2.25. The number of nitrogens with zero attached hydrogens (tertiary/aromatic N) is 1. The maximum absolute atomic E-state index is 12.9. The standard InChI is InChI=1S/C20H30N2O4/c1-4-6-15-13-16(14-18(24-2)19(15)25-3)20(23)22-10-7-17(8-11-22)26-12-5-9-21/h4,13-14,17H,1,5-12,21H2,2-3H3. The molecular formula is C20H30N2O4. The molecule has 1 amide bonds. The monoisotopic (exact) mass is 362 g/mol. The number of amides is 1. The highest BCUT2D eigenvalue weighted by Crippen LogP contribution is 2.34. The van der Waals surface area contributed by atoms with Gasteiger partial charge in [0.25, 0.3) is 5.91 Å². The van der Waals surface area contributed by atoms with Gasteiger partial charge in [0.15, 0.2) is 11.5 Å². The maximum Gasteiger partial charge on any atom is 0.254 e. The molecule has 1 fully saturated rings. The van der Waals surface area contributed by atoms with Gasteiger partial charge in [-0.25, -0.2) is 0 Å². The molecule has 0 aliphatic carbocycles. The Morgan fingerprint density at radius 1 is 1.31 bits per heavy atom. The zero-order valence-electron chi connectivity index (χ0n) is 15.8. The molecular weight excluding hydrogens is 332 g/mol. The number of allylic oxidation sites excluding steroid dienone is 1. The van der Waals surface area contributed by atoms with Crippen molar-refractivity contribution in [3.8, 4) is 11.5 Å². The Kier molecular flexibility index (Phi) is 7.94. The number of carbonyl (C=O) groups is 1. The van der Waals surface area contributed by atoms with Gasteiger partial charge in [-0.1, -0.05) is 6.08 Å². The molecule has 1 aliphatic heterocycles. The molecule has 26 heavy (non-hydrogen) atoms. The van der Waals surface area contributed by atoms with Crippen LogP contribution in [0.3, 0.4) is 0 Å². The van der Waals surface area contributed by atoms with Gasteiger partial charge in [-0.3, -0.25) is 4.79 Å².